The lowest BCUT2D eigenvalue weighted by atomic mass is 9.89. The van der Waals surface area contributed by atoms with Crippen LogP contribution in [0.15, 0.2) is 42.2 Å². The highest BCUT2D eigenvalue weighted by Crippen LogP contribution is 2.18. The van der Waals surface area contributed by atoms with Gasteiger partial charge >= 0.3 is 0 Å². The standard InChI is InChI=1S/C10H19N.C5H8/c1-5-7-9(3)10(4,11)8-6-2;1-4-5(2)3/h5,7H,3,6,8,11H2,1-2,4H3;1H2,2-3H3/b7-5-;. The van der Waals surface area contributed by atoms with Gasteiger partial charge < -0.3 is 5.73 Å². The maximum absolute atomic E-state index is 6.01. The van der Waals surface area contributed by atoms with E-state index in [0.29, 0.717) is 0 Å². The van der Waals surface area contributed by atoms with Gasteiger partial charge in [0.25, 0.3) is 0 Å². The van der Waals surface area contributed by atoms with Crippen LogP contribution in [0.1, 0.15) is 47.5 Å². The van der Waals surface area contributed by atoms with Gasteiger partial charge in [0, 0.05) is 5.54 Å². The predicted octanol–water partition coefficient (Wildman–Crippen LogP) is 4.37. The summed E-state index contributed by atoms with van der Waals surface area (Å²) in [5.41, 5.74) is 10.6. The van der Waals surface area contributed by atoms with Crippen molar-refractivity contribution in [3.8, 4) is 0 Å². The van der Waals surface area contributed by atoms with Gasteiger partial charge in [0.15, 0.2) is 0 Å². The molecule has 1 atom stereocenters. The third-order valence-electron chi connectivity index (χ3n) is 2.22. The molecule has 0 aliphatic heterocycles. The molecule has 0 aromatic carbocycles. The smallest absolute Gasteiger partial charge is 0.0374 e. The summed E-state index contributed by atoms with van der Waals surface area (Å²) in [4.78, 5) is 0. The number of nitrogens with two attached hydrogens (primary N) is 1. The summed E-state index contributed by atoms with van der Waals surface area (Å²) >= 11 is 0. The van der Waals surface area contributed by atoms with E-state index >= 15 is 0 Å². The first-order valence-corrected chi connectivity index (χ1v) is 5.76. The van der Waals surface area contributed by atoms with Crippen LogP contribution in [-0.2, 0) is 0 Å². The highest BCUT2D eigenvalue weighted by molar-refractivity contribution is 5.25. The minimum absolute atomic E-state index is 0.221. The first-order chi connectivity index (χ1) is 7.31. The van der Waals surface area contributed by atoms with Gasteiger partial charge in [0.2, 0.25) is 0 Å². The van der Waals surface area contributed by atoms with Gasteiger partial charge in [-0.15, -0.1) is 5.73 Å². The van der Waals surface area contributed by atoms with Crippen molar-refractivity contribution in [1.29, 1.82) is 0 Å². The van der Waals surface area contributed by atoms with Crippen LogP contribution in [0, 0.1) is 0 Å². The third-order valence-corrected chi connectivity index (χ3v) is 2.22. The fourth-order valence-corrected chi connectivity index (χ4v) is 1.07. The van der Waals surface area contributed by atoms with Crippen molar-refractivity contribution in [2.75, 3.05) is 0 Å². The Labute approximate surface area is 101 Å². The van der Waals surface area contributed by atoms with E-state index in [2.05, 4.69) is 25.8 Å². The Morgan fingerprint density at radius 1 is 1.44 bits per heavy atom. The molecule has 0 amide bonds. The third kappa shape index (κ3) is 9.51. The maximum Gasteiger partial charge on any atom is 0.0374 e. The number of allylic oxidation sites excluding steroid dienone is 2. The lowest BCUT2D eigenvalue weighted by molar-refractivity contribution is 0.507. The van der Waals surface area contributed by atoms with Crippen LogP contribution in [0.25, 0.3) is 0 Å². The summed E-state index contributed by atoms with van der Waals surface area (Å²) in [7, 11) is 0. The zero-order valence-electron chi connectivity index (χ0n) is 11.6. The summed E-state index contributed by atoms with van der Waals surface area (Å²) in [5, 5.41) is 0. The van der Waals surface area contributed by atoms with E-state index < -0.39 is 0 Å². The number of hydrogen-bond donors (Lipinski definition) is 1. The molecule has 0 saturated heterocycles. The summed E-state index contributed by atoms with van der Waals surface area (Å²) in [6.45, 7) is 17.4. The summed E-state index contributed by atoms with van der Waals surface area (Å²) in [6, 6.07) is 0. The second kappa shape index (κ2) is 9.21. The van der Waals surface area contributed by atoms with E-state index in [9.17, 15) is 0 Å². The minimum atomic E-state index is -0.221. The Bertz CT molecular complexity index is 272. The molecule has 2 N–H and O–H groups in total. The summed E-state index contributed by atoms with van der Waals surface area (Å²) < 4.78 is 0. The zero-order valence-corrected chi connectivity index (χ0v) is 11.6. The molecular weight excluding hydrogens is 194 g/mol. The van der Waals surface area contributed by atoms with Crippen molar-refractivity contribution in [3.63, 3.8) is 0 Å². The van der Waals surface area contributed by atoms with E-state index in [-0.39, 0.29) is 5.54 Å². The second-order valence-corrected chi connectivity index (χ2v) is 4.37. The van der Waals surface area contributed by atoms with E-state index in [1.807, 2.05) is 39.8 Å². The molecule has 1 unspecified atom stereocenters. The Balaban J connectivity index is 0. The second-order valence-electron chi connectivity index (χ2n) is 4.37. The van der Waals surface area contributed by atoms with Crippen molar-refractivity contribution >= 4 is 0 Å². The summed E-state index contributed by atoms with van der Waals surface area (Å²) in [5.74, 6) is 0. The first kappa shape index (κ1) is 17.4. The SMILES string of the molecule is C=C(/C=C\C)C(C)(N)CCC.C=C=C(C)C. The zero-order chi connectivity index (χ0) is 13.2. The molecule has 0 radical (unpaired) electrons. The monoisotopic (exact) mass is 221 g/mol. The highest BCUT2D eigenvalue weighted by atomic mass is 14.7. The van der Waals surface area contributed by atoms with Gasteiger partial charge in [-0.2, -0.15) is 0 Å². The van der Waals surface area contributed by atoms with Crippen molar-refractivity contribution < 1.29 is 0 Å². The van der Waals surface area contributed by atoms with E-state index in [1.165, 1.54) is 0 Å². The first-order valence-electron chi connectivity index (χ1n) is 5.76. The Morgan fingerprint density at radius 3 is 2.12 bits per heavy atom. The molecule has 0 aromatic rings. The molecular formula is C15H27N. The van der Waals surface area contributed by atoms with Crippen LogP contribution >= 0.6 is 0 Å². The molecule has 0 aliphatic rings. The fourth-order valence-electron chi connectivity index (χ4n) is 1.07. The van der Waals surface area contributed by atoms with Gasteiger partial charge in [-0.1, -0.05) is 38.7 Å². The van der Waals surface area contributed by atoms with Gasteiger partial charge in [0.05, 0.1) is 0 Å². The van der Waals surface area contributed by atoms with Crippen LogP contribution in [0.3, 0.4) is 0 Å². The molecule has 0 rings (SSSR count). The largest absolute Gasteiger partial charge is 0.322 e. The quantitative estimate of drug-likeness (QED) is 0.553. The van der Waals surface area contributed by atoms with Crippen LogP contribution in [0.2, 0.25) is 0 Å². The highest BCUT2D eigenvalue weighted by Gasteiger charge is 2.18. The van der Waals surface area contributed by atoms with Crippen LogP contribution in [0.4, 0.5) is 0 Å². The molecule has 1 heteroatoms. The molecule has 0 spiro atoms. The average Bonchev–Trinajstić information content (AvgIpc) is 2.19. The Hall–Kier alpha value is -1.04. The van der Waals surface area contributed by atoms with E-state index in [0.717, 1.165) is 24.0 Å². The lowest BCUT2D eigenvalue weighted by Gasteiger charge is -2.24. The van der Waals surface area contributed by atoms with Crippen LogP contribution in [0.5, 0.6) is 0 Å². The average molecular weight is 221 g/mol. The molecule has 0 fully saturated rings. The molecule has 16 heavy (non-hydrogen) atoms. The number of hydrogen-bond acceptors (Lipinski definition) is 1. The van der Waals surface area contributed by atoms with E-state index in [1.54, 1.807) is 0 Å². The Kier molecular flexibility index (Phi) is 9.99. The molecule has 0 aromatic heterocycles. The van der Waals surface area contributed by atoms with Crippen LogP contribution in [-0.4, -0.2) is 5.54 Å². The molecule has 0 bridgehead atoms. The minimum Gasteiger partial charge on any atom is -0.322 e. The van der Waals surface area contributed by atoms with Crippen molar-refractivity contribution in [1.82, 2.24) is 0 Å². The molecule has 0 saturated carbocycles. The normalized spacial score (nSPS) is 13.4. The van der Waals surface area contributed by atoms with Gasteiger partial charge in [-0.25, -0.2) is 0 Å². The number of rotatable bonds is 4. The molecule has 0 aliphatic carbocycles. The van der Waals surface area contributed by atoms with Crippen molar-refractivity contribution in [3.05, 3.63) is 42.2 Å². The van der Waals surface area contributed by atoms with E-state index in [4.69, 9.17) is 5.73 Å². The molecule has 92 valence electrons. The van der Waals surface area contributed by atoms with Gasteiger partial charge in [0.1, 0.15) is 0 Å². The van der Waals surface area contributed by atoms with Gasteiger partial charge in [-0.05, 0) is 45.3 Å². The predicted molar refractivity (Wildman–Crippen MR) is 75.5 cm³/mol. The summed E-state index contributed by atoms with van der Waals surface area (Å²) in [6.07, 6.45) is 6.05. The fraction of sp³-hybridized carbons (Fsp3) is 0.533. The van der Waals surface area contributed by atoms with Gasteiger partial charge in [-0.3, -0.25) is 0 Å². The lowest BCUT2D eigenvalue weighted by Crippen LogP contribution is -2.37. The topological polar surface area (TPSA) is 26.0 Å². The molecule has 1 nitrogen and oxygen atoms in total. The van der Waals surface area contributed by atoms with Crippen molar-refractivity contribution in [2.45, 2.75) is 53.0 Å². The maximum atomic E-state index is 6.01. The molecule has 0 heterocycles. The van der Waals surface area contributed by atoms with Crippen molar-refractivity contribution in [2.24, 2.45) is 5.73 Å². The van der Waals surface area contributed by atoms with Crippen LogP contribution < -0.4 is 5.73 Å². The Morgan fingerprint density at radius 2 is 1.88 bits per heavy atom.